The molecule has 4 aromatic rings. The molecule has 1 N–H and O–H groups in total. The first kappa shape index (κ1) is 27.8. The lowest BCUT2D eigenvalue weighted by molar-refractivity contribution is -0.139. The van der Waals surface area contributed by atoms with E-state index >= 15 is 0 Å². The van der Waals surface area contributed by atoms with Crippen molar-refractivity contribution in [3.05, 3.63) is 117 Å². The summed E-state index contributed by atoms with van der Waals surface area (Å²) < 4.78 is 14.0. The number of esters is 1. The van der Waals surface area contributed by atoms with Gasteiger partial charge in [-0.15, -0.1) is 11.3 Å². The van der Waals surface area contributed by atoms with Gasteiger partial charge in [-0.1, -0.05) is 35.6 Å². The molecule has 40 heavy (non-hydrogen) atoms. The minimum atomic E-state index is -0.977. The maximum atomic E-state index is 13.7. The number of carboxylic acid groups (broad SMARTS) is 1. The Labute approximate surface area is 245 Å². The fourth-order valence-electron chi connectivity index (χ4n) is 4.29. The summed E-state index contributed by atoms with van der Waals surface area (Å²) in [6.07, 6.45) is 1.79. The molecule has 0 amide bonds. The van der Waals surface area contributed by atoms with Crippen molar-refractivity contribution in [3.63, 3.8) is 0 Å². The van der Waals surface area contributed by atoms with Crippen LogP contribution in [0.5, 0.6) is 5.75 Å². The molecule has 0 fully saturated rings. The molecule has 0 spiro atoms. The third kappa shape index (κ3) is 5.58. The zero-order chi connectivity index (χ0) is 28.4. The normalized spacial score (nSPS) is 15.0. The van der Waals surface area contributed by atoms with Gasteiger partial charge in [-0.05, 0) is 82.7 Å². The van der Waals surface area contributed by atoms with Gasteiger partial charge in [0.05, 0.1) is 32.4 Å². The molecular formula is C29H23BrN2O6S2. The number of ether oxygens (including phenoxy) is 2. The number of carbonyl (C=O) groups excluding carboxylic acids is 1. The van der Waals surface area contributed by atoms with Crippen molar-refractivity contribution in [2.24, 2.45) is 4.99 Å². The maximum absolute atomic E-state index is 13.7. The highest BCUT2D eigenvalue weighted by molar-refractivity contribution is 9.10. The molecule has 0 saturated carbocycles. The van der Waals surface area contributed by atoms with Crippen LogP contribution in [0.25, 0.3) is 6.08 Å². The summed E-state index contributed by atoms with van der Waals surface area (Å²) >= 11 is 6.28. The van der Waals surface area contributed by atoms with Crippen molar-refractivity contribution in [1.29, 1.82) is 0 Å². The second kappa shape index (κ2) is 11.7. The Morgan fingerprint density at radius 1 is 1.18 bits per heavy atom. The number of halogens is 1. The molecule has 0 unspecified atom stereocenters. The second-order valence-corrected chi connectivity index (χ2v) is 11.6. The Hall–Kier alpha value is -3.80. The van der Waals surface area contributed by atoms with Crippen molar-refractivity contribution in [2.45, 2.75) is 26.5 Å². The van der Waals surface area contributed by atoms with Crippen molar-refractivity contribution < 1.29 is 24.2 Å². The topological polar surface area (TPSA) is 107 Å². The highest BCUT2D eigenvalue weighted by Gasteiger charge is 2.33. The van der Waals surface area contributed by atoms with E-state index in [1.165, 1.54) is 34.8 Å². The quantitative estimate of drug-likeness (QED) is 0.275. The molecule has 1 aliphatic rings. The first-order chi connectivity index (χ1) is 19.3. The Kier molecular flexibility index (Phi) is 8.15. The van der Waals surface area contributed by atoms with Gasteiger partial charge in [-0.3, -0.25) is 9.36 Å². The van der Waals surface area contributed by atoms with Crippen LogP contribution in [0.15, 0.2) is 85.5 Å². The Morgan fingerprint density at radius 2 is 1.95 bits per heavy atom. The fourth-order valence-corrected chi connectivity index (χ4v) is 6.67. The SMILES string of the molecule is CCOC(=O)C1=C(C)N=c2s/c(=C/c3ccc(OCc4ccc(C(=O)O)cc4)c(Br)c3)c(=O)n2[C@H]1c1cccs1. The van der Waals surface area contributed by atoms with E-state index in [2.05, 4.69) is 20.9 Å². The maximum Gasteiger partial charge on any atom is 0.338 e. The minimum Gasteiger partial charge on any atom is -0.488 e. The summed E-state index contributed by atoms with van der Waals surface area (Å²) in [6, 6.07) is 15.2. The van der Waals surface area contributed by atoms with Crippen LogP contribution in [0.4, 0.5) is 0 Å². The van der Waals surface area contributed by atoms with Crippen LogP contribution < -0.4 is 19.6 Å². The number of benzene rings is 2. The Balaban J connectivity index is 1.45. The highest BCUT2D eigenvalue weighted by Crippen LogP contribution is 2.33. The van der Waals surface area contributed by atoms with E-state index in [1.807, 2.05) is 29.6 Å². The number of aromatic nitrogens is 1. The van der Waals surface area contributed by atoms with E-state index < -0.39 is 18.0 Å². The van der Waals surface area contributed by atoms with E-state index in [1.54, 1.807) is 42.7 Å². The predicted molar refractivity (Wildman–Crippen MR) is 157 cm³/mol. The molecule has 8 nitrogen and oxygen atoms in total. The number of hydrogen-bond donors (Lipinski definition) is 1. The summed E-state index contributed by atoms with van der Waals surface area (Å²) in [5, 5.41) is 11.0. The van der Waals surface area contributed by atoms with Crippen LogP contribution in [0.3, 0.4) is 0 Å². The molecule has 1 atom stereocenters. The molecule has 3 heterocycles. The van der Waals surface area contributed by atoms with Crippen LogP contribution >= 0.6 is 38.6 Å². The van der Waals surface area contributed by atoms with E-state index in [0.29, 0.717) is 30.8 Å². The number of rotatable bonds is 8. The summed E-state index contributed by atoms with van der Waals surface area (Å²) in [4.78, 5) is 43.6. The van der Waals surface area contributed by atoms with Crippen molar-refractivity contribution in [1.82, 2.24) is 4.57 Å². The fraction of sp³-hybridized carbons (Fsp3) is 0.172. The largest absolute Gasteiger partial charge is 0.488 e. The zero-order valence-electron chi connectivity index (χ0n) is 21.4. The lowest BCUT2D eigenvalue weighted by atomic mass is 10.0. The number of hydrogen-bond acceptors (Lipinski definition) is 8. The summed E-state index contributed by atoms with van der Waals surface area (Å²) in [5.74, 6) is -0.850. The van der Waals surface area contributed by atoms with E-state index in [9.17, 15) is 14.4 Å². The van der Waals surface area contributed by atoms with E-state index in [0.717, 1.165) is 16.0 Å². The molecule has 11 heteroatoms. The van der Waals surface area contributed by atoms with Gasteiger partial charge in [0.15, 0.2) is 4.80 Å². The van der Waals surface area contributed by atoms with E-state index in [-0.39, 0.29) is 24.3 Å². The van der Waals surface area contributed by atoms with Gasteiger partial charge in [0.25, 0.3) is 5.56 Å². The van der Waals surface area contributed by atoms with E-state index in [4.69, 9.17) is 14.6 Å². The summed E-state index contributed by atoms with van der Waals surface area (Å²) in [7, 11) is 0. The molecule has 2 aromatic heterocycles. The number of fused-ring (bicyclic) bond motifs is 1. The lowest BCUT2D eigenvalue weighted by Gasteiger charge is -2.23. The van der Waals surface area contributed by atoms with Crippen molar-refractivity contribution in [2.75, 3.05) is 6.61 Å². The Morgan fingerprint density at radius 3 is 2.60 bits per heavy atom. The number of allylic oxidation sites excluding steroid dienone is 1. The smallest absolute Gasteiger partial charge is 0.338 e. The monoisotopic (exact) mass is 638 g/mol. The van der Waals surface area contributed by atoms with Gasteiger partial charge in [0, 0.05) is 4.88 Å². The summed E-state index contributed by atoms with van der Waals surface area (Å²) in [5.41, 5.74) is 2.49. The molecule has 0 radical (unpaired) electrons. The third-order valence-electron chi connectivity index (χ3n) is 6.18. The first-order valence-electron chi connectivity index (χ1n) is 12.2. The Bertz CT molecular complexity index is 1800. The van der Waals surface area contributed by atoms with Gasteiger partial charge in [0.2, 0.25) is 0 Å². The molecule has 1 aliphatic heterocycles. The molecule has 0 saturated heterocycles. The van der Waals surface area contributed by atoms with Crippen LogP contribution in [0.1, 0.15) is 46.3 Å². The first-order valence-corrected chi connectivity index (χ1v) is 14.7. The molecule has 5 rings (SSSR count). The van der Waals surface area contributed by atoms with Crippen LogP contribution in [0, 0.1) is 0 Å². The standard InChI is InChI=1S/C29H23BrN2O6S2/c1-3-37-28(36)24-16(2)31-29-32(25(24)22-5-4-12-39-22)26(33)23(40-29)14-18-8-11-21(20(30)13-18)38-15-17-6-9-19(10-7-17)27(34)35/h4-14,25H,3,15H2,1-2H3,(H,34,35)/b23-14+/t25-/m0/s1. The number of thiazole rings is 1. The summed E-state index contributed by atoms with van der Waals surface area (Å²) in [6.45, 7) is 4.00. The van der Waals surface area contributed by atoms with Gasteiger partial charge in [-0.25, -0.2) is 14.6 Å². The molecular weight excluding hydrogens is 616 g/mol. The molecule has 204 valence electrons. The molecule has 0 bridgehead atoms. The molecule has 0 aliphatic carbocycles. The highest BCUT2D eigenvalue weighted by atomic mass is 79.9. The van der Waals surface area contributed by atoms with Crippen LogP contribution in [0.2, 0.25) is 0 Å². The van der Waals surface area contributed by atoms with Gasteiger partial charge < -0.3 is 14.6 Å². The zero-order valence-corrected chi connectivity index (χ0v) is 24.6. The van der Waals surface area contributed by atoms with Gasteiger partial charge in [0.1, 0.15) is 18.4 Å². The van der Waals surface area contributed by atoms with Crippen LogP contribution in [-0.2, 0) is 16.1 Å². The van der Waals surface area contributed by atoms with Crippen molar-refractivity contribution in [3.8, 4) is 5.75 Å². The van der Waals surface area contributed by atoms with Crippen LogP contribution in [-0.4, -0.2) is 28.2 Å². The number of nitrogens with zero attached hydrogens (tertiary/aromatic N) is 2. The number of thiophene rings is 1. The second-order valence-electron chi connectivity index (χ2n) is 8.80. The number of carboxylic acids is 1. The van der Waals surface area contributed by atoms with Gasteiger partial charge in [-0.2, -0.15) is 0 Å². The third-order valence-corrected chi connectivity index (χ3v) is 8.71. The predicted octanol–water partition coefficient (Wildman–Crippen LogP) is 4.90. The van der Waals surface area contributed by atoms with Gasteiger partial charge >= 0.3 is 11.9 Å². The number of aromatic carboxylic acids is 1. The number of carbonyl (C=O) groups is 2. The minimum absolute atomic E-state index is 0.216. The van der Waals surface area contributed by atoms with Crippen molar-refractivity contribution >= 4 is 56.6 Å². The lowest BCUT2D eigenvalue weighted by Crippen LogP contribution is -2.39. The average molecular weight is 640 g/mol. The molecule has 2 aromatic carbocycles. The average Bonchev–Trinajstić information content (AvgIpc) is 3.56.